The third-order valence-corrected chi connectivity index (χ3v) is 3.34. The molecule has 2 aromatic rings. The molecule has 3 N–H and O–H groups in total. The second-order valence-corrected chi connectivity index (χ2v) is 5.24. The van der Waals surface area contributed by atoms with Crippen LogP contribution in [0.15, 0.2) is 0 Å². The molecule has 0 amide bonds. The highest BCUT2D eigenvalue weighted by atomic mass is 15.4. The predicted molar refractivity (Wildman–Crippen MR) is 82.3 cm³/mol. The normalized spacial score (nSPS) is 11.2. The van der Waals surface area contributed by atoms with Gasteiger partial charge in [-0.25, -0.2) is 20.8 Å². The first kappa shape index (κ1) is 15.4. The number of nitrogens with one attached hydrogen (secondary N) is 1. The Hall–Kier alpha value is -2.02. The Morgan fingerprint density at radius 1 is 1.14 bits per heavy atom. The van der Waals surface area contributed by atoms with Crippen molar-refractivity contribution in [1.29, 1.82) is 0 Å². The van der Waals surface area contributed by atoms with Crippen LogP contribution in [0.1, 0.15) is 56.6 Å². The van der Waals surface area contributed by atoms with Gasteiger partial charge in [0.15, 0.2) is 11.6 Å². The number of nitrogens with zero attached hydrogens (tertiary/aromatic N) is 5. The topological polar surface area (TPSA) is 94.5 Å². The van der Waals surface area contributed by atoms with Crippen molar-refractivity contribution in [2.45, 2.75) is 53.4 Å². The van der Waals surface area contributed by atoms with Crippen LogP contribution in [0.2, 0.25) is 0 Å². The molecule has 0 aliphatic heterocycles. The van der Waals surface area contributed by atoms with Crippen molar-refractivity contribution in [3.05, 3.63) is 23.0 Å². The van der Waals surface area contributed by atoms with E-state index < -0.39 is 0 Å². The molecule has 2 aromatic heterocycles. The Bertz CT molecular complexity index is 630. The average molecular weight is 289 g/mol. The quantitative estimate of drug-likeness (QED) is 0.645. The van der Waals surface area contributed by atoms with E-state index in [2.05, 4.69) is 32.4 Å². The van der Waals surface area contributed by atoms with Crippen LogP contribution in [-0.4, -0.2) is 24.7 Å². The summed E-state index contributed by atoms with van der Waals surface area (Å²) >= 11 is 0. The van der Waals surface area contributed by atoms with Crippen molar-refractivity contribution in [3.63, 3.8) is 0 Å². The lowest BCUT2D eigenvalue weighted by Gasteiger charge is -2.14. The summed E-state index contributed by atoms with van der Waals surface area (Å²) in [6, 6.07) is 0. The van der Waals surface area contributed by atoms with E-state index in [0.29, 0.717) is 5.82 Å². The molecular formula is C14H23N7. The zero-order chi connectivity index (χ0) is 15.6. The van der Waals surface area contributed by atoms with Crippen LogP contribution in [0, 0.1) is 6.92 Å². The smallest absolute Gasteiger partial charge is 0.164 e. The summed E-state index contributed by atoms with van der Waals surface area (Å²) in [6.07, 6.45) is 1.59. The van der Waals surface area contributed by atoms with Crippen molar-refractivity contribution < 1.29 is 0 Å². The average Bonchev–Trinajstić information content (AvgIpc) is 2.90. The third-order valence-electron chi connectivity index (χ3n) is 3.34. The summed E-state index contributed by atoms with van der Waals surface area (Å²) in [6.45, 7) is 10.1. The Morgan fingerprint density at radius 3 is 2.38 bits per heavy atom. The van der Waals surface area contributed by atoms with Gasteiger partial charge in [0.1, 0.15) is 17.5 Å². The van der Waals surface area contributed by atoms with Gasteiger partial charge >= 0.3 is 0 Å². The van der Waals surface area contributed by atoms with E-state index in [4.69, 9.17) is 5.84 Å². The number of hydrogen-bond donors (Lipinski definition) is 2. The number of rotatable bonds is 5. The Kier molecular flexibility index (Phi) is 4.52. The fourth-order valence-corrected chi connectivity index (χ4v) is 2.07. The maximum atomic E-state index is 5.58. The zero-order valence-electron chi connectivity index (χ0n) is 13.3. The van der Waals surface area contributed by atoms with Crippen molar-refractivity contribution in [2.24, 2.45) is 5.84 Å². The molecule has 0 aliphatic rings. The summed E-state index contributed by atoms with van der Waals surface area (Å²) in [5.74, 6) is 9.60. The molecule has 2 rings (SSSR count). The molecule has 0 atom stereocenters. The van der Waals surface area contributed by atoms with Crippen LogP contribution in [0.3, 0.4) is 0 Å². The first-order chi connectivity index (χ1) is 10.0. The number of nitrogens with two attached hydrogens (primary N) is 1. The highest BCUT2D eigenvalue weighted by Gasteiger charge is 2.18. The lowest BCUT2D eigenvalue weighted by atomic mass is 10.2. The van der Waals surface area contributed by atoms with E-state index in [1.807, 2.05) is 32.4 Å². The van der Waals surface area contributed by atoms with E-state index in [0.717, 1.165) is 41.7 Å². The van der Waals surface area contributed by atoms with Crippen LogP contribution >= 0.6 is 0 Å². The third kappa shape index (κ3) is 2.87. The summed E-state index contributed by atoms with van der Waals surface area (Å²) in [5, 5.41) is 4.55. The molecule has 0 aliphatic carbocycles. The molecule has 0 spiro atoms. The number of nitrogen functional groups attached to an aromatic ring is 1. The van der Waals surface area contributed by atoms with Crippen LogP contribution < -0.4 is 11.3 Å². The number of anilines is 1. The SMILES string of the molecule is CCc1nc(CC)n(-c2nc(C(C)C)nc(NN)c2C)n1. The summed E-state index contributed by atoms with van der Waals surface area (Å²) < 4.78 is 1.81. The molecule has 21 heavy (non-hydrogen) atoms. The first-order valence-electron chi connectivity index (χ1n) is 7.32. The number of aryl methyl sites for hydroxylation is 2. The number of hydrazine groups is 1. The van der Waals surface area contributed by atoms with Gasteiger partial charge < -0.3 is 5.43 Å². The Morgan fingerprint density at radius 2 is 1.86 bits per heavy atom. The minimum Gasteiger partial charge on any atom is -0.308 e. The summed E-state index contributed by atoms with van der Waals surface area (Å²) in [4.78, 5) is 13.6. The predicted octanol–water partition coefficient (Wildman–Crippen LogP) is 1.90. The second-order valence-electron chi connectivity index (χ2n) is 5.24. The van der Waals surface area contributed by atoms with Crippen molar-refractivity contribution in [1.82, 2.24) is 24.7 Å². The minimum atomic E-state index is 0.204. The molecule has 0 unspecified atom stereocenters. The Balaban J connectivity index is 2.67. The minimum absolute atomic E-state index is 0.204. The lowest BCUT2D eigenvalue weighted by molar-refractivity contribution is 0.717. The van der Waals surface area contributed by atoms with Crippen LogP contribution in [0.5, 0.6) is 0 Å². The molecule has 114 valence electrons. The Labute approximate surface area is 125 Å². The fraction of sp³-hybridized carbons (Fsp3) is 0.571. The second kappa shape index (κ2) is 6.17. The van der Waals surface area contributed by atoms with Gasteiger partial charge in [0, 0.05) is 24.3 Å². The summed E-state index contributed by atoms with van der Waals surface area (Å²) in [5.41, 5.74) is 3.51. The number of hydrogen-bond acceptors (Lipinski definition) is 6. The van der Waals surface area contributed by atoms with Gasteiger partial charge in [0.25, 0.3) is 0 Å². The molecule has 2 heterocycles. The van der Waals surface area contributed by atoms with Gasteiger partial charge in [-0.15, -0.1) is 5.10 Å². The standard InChI is InChI=1S/C14H23N7/c1-6-10-16-11(7-2)21(20-10)14-9(5)13(19-15)17-12(18-14)8(3)4/h8H,6-7,15H2,1-5H3,(H,17,18,19). The highest BCUT2D eigenvalue weighted by molar-refractivity contribution is 5.51. The molecule has 7 heteroatoms. The van der Waals surface area contributed by atoms with Crippen LogP contribution in [0.25, 0.3) is 5.82 Å². The summed E-state index contributed by atoms with van der Waals surface area (Å²) in [7, 11) is 0. The molecule has 0 aromatic carbocycles. The van der Waals surface area contributed by atoms with Gasteiger partial charge in [-0.2, -0.15) is 4.68 Å². The molecule has 0 radical (unpaired) electrons. The largest absolute Gasteiger partial charge is 0.308 e. The molecule has 7 nitrogen and oxygen atoms in total. The van der Waals surface area contributed by atoms with Crippen molar-refractivity contribution in [2.75, 3.05) is 5.43 Å². The maximum Gasteiger partial charge on any atom is 0.164 e. The molecule has 0 bridgehead atoms. The van der Waals surface area contributed by atoms with E-state index >= 15 is 0 Å². The van der Waals surface area contributed by atoms with Gasteiger partial charge in [-0.05, 0) is 6.92 Å². The van der Waals surface area contributed by atoms with E-state index in [1.54, 1.807) is 0 Å². The highest BCUT2D eigenvalue weighted by Crippen LogP contribution is 2.22. The van der Waals surface area contributed by atoms with E-state index in [1.165, 1.54) is 0 Å². The molecule has 0 fully saturated rings. The first-order valence-corrected chi connectivity index (χ1v) is 7.32. The van der Waals surface area contributed by atoms with Crippen LogP contribution in [-0.2, 0) is 12.8 Å². The fourth-order valence-electron chi connectivity index (χ4n) is 2.07. The maximum absolute atomic E-state index is 5.58. The molecular weight excluding hydrogens is 266 g/mol. The number of aromatic nitrogens is 5. The van der Waals surface area contributed by atoms with Gasteiger partial charge in [-0.1, -0.05) is 27.7 Å². The lowest BCUT2D eigenvalue weighted by Crippen LogP contribution is -2.17. The zero-order valence-corrected chi connectivity index (χ0v) is 13.3. The van der Waals surface area contributed by atoms with Crippen molar-refractivity contribution >= 4 is 5.82 Å². The monoisotopic (exact) mass is 289 g/mol. The van der Waals surface area contributed by atoms with Gasteiger partial charge in [-0.3, -0.25) is 0 Å². The van der Waals surface area contributed by atoms with E-state index in [9.17, 15) is 0 Å². The molecule has 0 saturated carbocycles. The van der Waals surface area contributed by atoms with Crippen molar-refractivity contribution in [3.8, 4) is 5.82 Å². The van der Waals surface area contributed by atoms with E-state index in [-0.39, 0.29) is 5.92 Å². The van der Waals surface area contributed by atoms with Gasteiger partial charge in [0.2, 0.25) is 0 Å². The molecule has 0 saturated heterocycles. The van der Waals surface area contributed by atoms with Gasteiger partial charge in [0.05, 0.1) is 0 Å². The van der Waals surface area contributed by atoms with Crippen LogP contribution in [0.4, 0.5) is 5.82 Å².